The van der Waals surface area contributed by atoms with E-state index in [2.05, 4.69) is 0 Å². The number of aliphatic hydroxyl groups excluding tert-OH is 5. The molecule has 188 valence electrons. The molecule has 1 aromatic carbocycles. The molecular formula is C22H28O12. The maximum absolute atomic E-state index is 12.6. The Labute approximate surface area is 194 Å². The average molecular weight is 484 g/mol. The molecule has 34 heavy (non-hydrogen) atoms. The standard InChI is InChI=1S/C22H28O12/c23-8-14-16(26)17(27)18(28)21(33-14)34-20-15-12(5-6-31-20)13(7-22(15,30)9-24)32-19(29)10-1-3-11(25)4-2-10/h1-6,12-18,20-21,23-28,30H,7-9H2. The van der Waals surface area contributed by atoms with Gasteiger partial charge >= 0.3 is 5.97 Å². The van der Waals surface area contributed by atoms with Crippen LogP contribution in [-0.4, -0.2) is 104 Å². The van der Waals surface area contributed by atoms with Crippen molar-refractivity contribution in [2.45, 2.75) is 55.1 Å². The van der Waals surface area contributed by atoms with Crippen molar-refractivity contribution in [1.82, 2.24) is 0 Å². The van der Waals surface area contributed by atoms with Gasteiger partial charge in [0.2, 0.25) is 6.29 Å². The van der Waals surface area contributed by atoms with Crippen LogP contribution in [0.5, 0.6) is 5.75 Å². The van der Waals surface area contributed by atoms with Crippen molar-refractivity contribution in [3.05, 3.63) is 42.2 Å². The van der Waals surface area contributed by atoms with Gasteiger partial charge in [-0.05, 0) is 30.3 Å². The summed E-state index contributed by atoms with van der Waals surface area (Å²) in [6.07, 6.45) is -7.19. The van der Waals surface area contributed by atoms with Crippen LogP contribution in [0.2, 0.25) is 0 Å². The molecule has 7 N–H and O–H groups in total. The molecule has 12 nitrogen and oxygen atoms in total. The monoisotopic (exact) mass is 484 g/mol. The number of carbonyl (C=O) groups excluding carboxylic acids is 1. The Bertz CT molecular complexity index is 888. The largest absolute Gasteiger partial charge is 0.508 e. The van der Waals surface area contributed by atoms with Crippen LogP contribution in [0.3, 0.4) is 0 Å². The fourth-order valence-corrected chi connectivity index (χ4v) is 4.71. The van der Waals surface area contributed by atoms with E-state index in [1.54, 1.807) is 6.08 Å². The SMILES string of the molecule is O=C(OC1CC(O)(CO)C2C(OC3OC(CO)C(O)C(O)C3O)OC=CC12)c1ccc(O)cc1. The number of rotatable bonds is 6. The van der Waals surface area contributed by atoms with Crippen LogP contribution in [-0.2, 0) is 18.9 Å². The van der Waals surface area contributed by atoms with Gasteiger partial charge < -0.3 is 54.7 Å². The summed E-state index contributed by atoms with van der Waals surface area (Å²) in [5.74, 6) is -2.33. The van der Waals surface area contributed by atoms with Gasteiger partial charge in [-0.2, -0.15) is 0 Å². The van der Waals surface area contributed by atoms with Gasteiger partial charge in [-0.15, -0.1) is 0 Å². The highest BCUT2D eigenvalue weighted by atomic mass is 16.8. The number of benzene rings is 1. The van der Waals surface area contributed by atoms with Crippen LogP contribution in [0, 0.1) is 11.8 Å². The van der Waals surface area contributed by atoms with Crippen LogP contribution < -0.4 is 0 Å². The molecule has 2 heterocycles. The van der Waals surface area contributed by atoms with Crippen molar-refractivity contribution in [1.29, 1.82) is 0 Å². The van der Waals surface area contributed by atoms with E-state index in [9.17, 15) is 40.5 Å². The first-order chi connectivity index (χ1) is 16.2. The van der Waals surface area contributed by atoms with Crippen molar-refractivity contribution in [2.24, 2.45) is 11.8 Å². The zero-order valence-electron chi connectivity index (χ0n) is 18.0. The molecule has 1 aliphatic carbocycles. The number of aromatic hydroxyl groups is 1. The van der Waals surface area contributed by atoms with E-state index in [-0.39, 0.29) is 17.7 Å². The summed E-state index contributed by atoms with van der Waals surface area (Å²) in [5, 5.41) is 70.1. The second-order valence-electron chi connectivity index (χ2n) is 8.73. The molecule has 1 saturated carbocycles. The third-order valence-corrected chi connectivity index (χ3v) is 6.58. The van der Waals surface area contributed by atoms with Crippen molar-refractivity contribution in [2.75, 3.05) is 13.2 Å². The summed E-state index contributed by atoms with van der Waals surface area (Å²) in [5.41, 5.74) is -1.62. The lowest BCUT2D eigenvalue weighted by Gasteiger charge is -2.43. The Hall–Kier alpha value is -2.29. The molecule has 3 aliphatic rings. The highest BCUT2D eigenvalue weighted by Crippen LogP contribution is 2.48. The number of esters is 1. The summed E-state index contributed by atoms with van der Waals surface area (Å²) < 4.78 is 22.1. The maximum atomic E-state index is 12.6. The van der Waals surface area contributed by atoms with E-state index in [1.807, 2.05) is 0 Å². The zero-order valence-corrected chi connectivity index (χ0v) is 18.0. The number of phenolic OH excluding ortho intramolecular Hbond substituents is 1. The first kappa shape index (κ1) is 24.8. The third-order valence-electron chi connectivity index (χ3n) is 6.58. The van der Waals surface area contributed by atoms with Crippen LogP contribution >= 0.6 is 0 Å². The van der Waals surface area contributed by atoms with Gasteiger partial charge in [0.15, 0.2) is 6.29 Å². The lowest BCUT2D eigenvalue weighted by atomic mass is 9.84. The van der Waals surface area contributed by atoms with Crippen LogP contribution in [0.25, 0.3) is 0 Å². The molecule has 2 aliphatic heterocycles. The number of ether oxygens (including phenoxy) is 4. The minimum atomic E-state index is -1.80. The smallest absolute Gasteiger partial charge is 0.338 e. The van der Waals surface area contributed by atoms with E-state index in [4.69, 9.17) is 18.9 Å². The molecule has 0 amide bonds. The first-order valence-electron chi connectivity index (χ1n) is 10.8. The van der Waals surface area contributed by atoms with Gasteiger partial charge in [-0.25, -0.2) is 4.79 Å². The van der Waals surface area contributed by atoms with Gasteiger partial charge in [0.05, 0.1) is 31.0 Å². The molecule has 0 bridgehead atoms. The summed E-state index contributed by atoms with van der Waals surface area (Å²) in [6.45, 7) is -1.37. The molecule has 10 atom stereocenters. The van der Waals surface area contributed by atoms with Gasteiger partial charge in [0.25, 0.3) is 0 Å². The fraction of sp³-hybridized carbons (Fsp3) is 0.591. The minimum absolute atomic E-state index is 0.0207. The van der Waals surface area contributed by atoms with E-state index in [1.165, 1.54) is 30.5 Å². The number of hydrogen-bond donors (Lipinski definition) is 7. The van der Waals surface area contributed by atoms with Gasteiger partial charge in [-0.3, -0.25) is 0 Å². The Morgan fingerprint density at radius 2 is 1.76 bits per heavy atom. The number of hydrogen-bond acceptors (Lipinski definition) is 12. The molecule has 0 spiro atoms. The Morgan fingerprint density at radius 1 is 1.06 bits per heavy atom. The summed E-state index contributed by atoms with van der Waals surface area (Å²) in [4.78, 5) is 12.6. The Morgan fingerprint density at radius 3 is 2.41 bits per heavy atom. The molecule has 1 saturated heterocycles. The number of carbonyl (C=O) groups is 1. The van der Waals surface area contributed by atoms with Crippen molar-refractivity contribution in [3.8, 4) is 5.75 Å². The first-order valence-corrected chi connectivity index (χ1v) is 10.8. The predicted molar refractivity (Wildman–Crippen MR) is 110 cm³/mol. The summed E-state index contributed by atoms with van der Waals surface area (Å²) in [7, 11) is 0. The average Bonchev–Trinajstić information content (AvgIpc) is 3.12. The van der Waals surface area contributed by atoms with Crippen molar-refractivity contribution >= 4 is 5.97 Å². The zero-order chi connectivity index (χ0) is 24.6. The molecule has 10 unspecified atom stereocenters. The quantitative estimate of drug-likeness (QED) is 0.219. The summed E-state index contributed by atoms with van der Waals surface area (Å²) >= 11 is 0. The van der Waals surface area contributed by atoms with Crippen molar-refractivity contribution < 1.29 is 59.5 Å². The molecule has 0 radical (unpaired) electrons. The van der Waals surface area contributed by atoms with E-state index in [0.29, 0.717) is 0 Å². The topological polar surface area (TPSA) is 196 Å². The fourth-order valence-electron chi connectivity index (χ4n) is 4.71. The summed E-state index contributed by atoms with van der Waals surface area (Å²) in [6, 6.07) is 5.42. The van der Waals surface area contributed by atoms with Gasteiger partial charge in [0.1, 0.15) is 41.9 Å². The highest BCUT2D eigenvalue weighted by Gasteiger charge is 2.59. The van der Waals surface area contributed by atoms with E-state index < -0.39 is 79.7 Å². The molecular weight excluding hydrogens is 456 g/mol. The van der Waals surface area contributed by atoms with Crippen LogP contribution in [0.15, 0.2) is 36.6 Å². The minimum Gasteiger partial charge on any atom is -0.508 e. The molecule has 1 aromatic rings. The second-order valence-corrected chi connectivity index (χ2v) is 8.73. The van der Waals surface area contributed by atoms with Gasteiger partial charge in [-0.1, -0.05) is 0 Å². The lowest BCUT2D eigenvalue weighted by molar-refractivity contribution is -0.347. The Balaban J connectivity index is 1.52. The molecule has 12 heteroatoms. The number of fused-ring (bicyclic) bond motifs is 1. The highest BCUT2D eigenvalue weighted by molar-refractivity contribution is 5.89. The molecule has 2 fully saturated rings. The number of aliphatic hydroxyl groups is 6. The van der Waals surface area contributed by atoms with Gasteiger partial charge in [0, 0.05) is 12.3 Å². The molecule has 4 rings (SSSR count). The number of phenols is 1. The van der Waals surface area contributed by atoms with E-state index >= 15 is 0 Å². The third kappa shape index (κ3) is 4.51. The predicted octanol–water partition coefficient (Wildman–Crippen LogP) is -2.04. The Kier molecular flexibility index (Phi) is 7.12. The normalized spacial score (nSPS) is 41.5. The lowest BCUT2D eigenvalue weighted by Crippen LogP contribution is -2.61. The van der Waals surface area contributed by atoms with Crippen LogP contribution in [0.4, 0.5) is 0 Å². The second kappa shape index (κ2) is 9.76. The maximum Gasteiger partial charge on any atom is 0.338 e. The van der Waals surface area contributed by atoms with Crippen LogP contribution in [0.1, 0.15) is 16.8 Å². The van der Waals surface area contributed by atoms with Crippen molar-refractivity contribution in [3.63, 3.8) is 0 Å². The molecule has 0 aromatic heterocycles. The van der Waals surface area contributed by atoms with E-state index in [0.717, 1.165) is 0 Å².